The molecule has 0 bridgehead atoms. The molecule has 1 aliphatic rings. The molecular formula is C20H15ClF4O3. The quantitative estimate of drug-likeness (QED) is 0.340. The summed E-state index contributed by atoms with van der Waals surface area (Å²) in [7, 11) is 0. The van der Waals surface area contributed by atoms with Crippen molar-refractivity contribution in [2.75, 3.05) is 6.61 Å². The Morgan fingerprint density at radius 1 is 1.21 bits per heavy atom. The zero-order chi connectivity index (χ0) is 20.5. The van der Waals surface area contributed by atoms with E-state index in [1.807, 2.05) is 0 Å². The molecule has 8 heteroatoms. The summed E-state index contributed by atoms with van der Waals surface area (Å²) in [6.45, 7) is 1.96. The molecule has 2 aromatic carbocycles. The lowest BCUT2D eigenvalue weighted by Crippen LogP contribution is -2.06. The summed E-state index contributed by atoms with van der Waals surface area (Å²) in [6.07, 6.45) is -1.97. The minimum absolute atomic E-state index is 0.191. The van der Waals surface area contributed by atoms with Gasteiger partial charge >= 0.3 is 12.1 Å². The van der Waals surface area contributed by atoms with Gasteiger partial charge in [0, 0.05) is 6.08 Å². The first-order valence-corrected chi connectivity index (χ1v) is 8.81. The van der Waals surface area contributed by atoms with Crippen molar-refractivity contribution in [2.45, 2.75) is 25.9 Å². The van der Waals surface area contributed by atoms with E-state index in [-0.39, 0.29) is 12.4 Å². The Kier molecular flexibility index (Phi) is 5.65. The molecule has 0 saturated heterocycles. The summed E-state index contributed by atoms with van der Waals surface area (Å²) in [5, 5.41) is -0.491. The smallest absolute Gasteiger partial charge is 0.416 e. The Balaban J connectivity index is 1.90. The summed E-state index contributed by atoms with van der Waals surface area (Å²) in [5.74, 6) is -1.99. The Hall–Kier alpha value is -2.54. The number of allylic oxidation sites excluding steroid dienone is 1. The van der Waals surface area contributed by atoms with Crippen LogP contribution in [-0.4, -0.2) is 12.6 Å². The van der Waals surface area contributed by atoms with E-state index in [9.17, 15) is 22.4 Å². The molecule has 0 atom stereocenters. The number of fused-ring (bicyclic) bond motifs is 1. The zero-order valence-electron chi connectivity index (χ0n) is 14.7. The lowest BCUT2D eigenvalue weighted by atomic mass is 10.1. The predicted molar refractivity (Wildman–Crippen MR) is 95.9 cm³/mol. The van der Waals surface area contributed by atoms with Crippen LogP contribution >= 0.6 is 11.6 Å². The maximum Gasteiger partial charge on any atom is 0.416 e. The molecule has 0 radical (unpaired) electrons. The van der Waals surface area contributed by atoms with E-state index in [4.69, 9.17) is 21.1 Å². The first kappa shape index (κ1) is 20.2. The van der Waals surface area contributed by atoms with E-state index >= 15 is 0 Å². The molecule has 0 heterocycles. The average molecular weight is 415 g/mol. The maximum atomic E-state index is 14.2. The van der Waals surface area contributed by atoms with Crippen molar-refractivity contribution in [1.29, 1.82) is 0 Å². The van der Waals surface area contributed by atoms with Gasteiger partial charge in [-0.15, -0.1) is 0 Å². The summed E-state index contributed by atoms with van der Waals surface area (Å²) in [4.78, 5) is 11.7. The lowest BCUT2D eigenvalue weighted by molar-refractivity contribution is -0.138. The van der Waals surface area contributed by atoms with E-state index in [2.05, 4.69) is 0 Å². The SMILES string of the molecule is CCOC(=O)/C=C1/CCc2ccc(Oc3c(F)cc(C(F)(F)F)cc3Cl)cc21. The lowest BCUT2D eigenvalue weighted by Gasteiger charge is -2.13. The average Bonchev–Trinajstić information content (AvgIpc) is 2.99. The number of alkyl halides is 3. The standard InChI is InChI=1S/C20H15ClF4O3/c1-2-27-18(26)7-12-4-3-11-5-6-14(10-15(11)12)28-19-16(21)8-13(9-17(19)22)20(23,24)25/h5-10H,2-4H2,1H3/b12-7-. The minimum Gasteiger partial charge on any atom is -0.463 e. The number of halogens is 5. The fraction of sp³-hybridized carbons (Fsp3) is 0.250. The Morgan fingerprint density at radius 2 is 1.96 bits per heavy atom. The Bertz CT molecular complexity index is 928. The molecule has 28 heavy (non-hydrogen) atoms. The van der Waals surface area contributed by atoms with Gasteiger partial charge in [0.25, 0.3) is 0 Å². The first-order chi connectivity index (χ1) is 13.2. The van der Waals surface area contributed by atoms with Crippen molar-refractivity contribution in [3.8, 4) is 11.5 Å². The number of ether oxygens (including phenoxy) is 2. The fourth-order valence-corrected chi connectivity index (χ4v) is 3.20. The third-order valence-electron chi connectivity index (χ3n) is 4.22. The normalized spacial score (nSPS) is 14.9. The number of rotatable bonds is 4. The number of aryl methyl sites for hydroxylation is 1. The van der Waals surface area contributed by atoms with Crippen LogP contribution in [0.5, 0.6) is 11.5 Å². The number of carbonyl (C=O) groups is 1. The number of hydrogen-bond acceptors (Lipinski definition) is 3. The van der Waals surface area contributed by atoms with Crippen molar-refractivity contribution in [3.05, 3.63) is 63.9 Å². The van der Waals surface area contributed by atoms with Crippen molar-refractivity contribution in [3.63, 3.8) is 0 Å². The van der Waals surface area contributed by atoms with Crippen molar-refractivity contribution >= 4 is 23.1 Å². The minimum atomic E-state index is -4.72. The van der Waals surface area contributed by atoms with Crippen LogP contribution in [0.4, 0.5) is 17.6 Å². The molecule has 3 nitrogen and oxygen atoms in total. The van der Waals surface area contributed by atoms with Gasteiger partial charge in [-0.3, -0.25) is 0 Å². The highest BCUT2D eigenvalue weighted by Gasteiger charge is 2.32. The highest BCUT2D eigenvalue weighted by molar-refractivity contribution is 6.32. The molecule has 0 aliphatic heterocycles. The van der Waals surface area contributed by atoms with Gasteiger partial charge in [0.1, 0.15) is 5.75 Å². The van der Waals surface area contributed by atoms with Crippen LogP contribution in [0, 0.1) is 5.82 Å². The van der Waals surface area contributed by atoms with Crippen molar-refractivity contribution in [2.24, 2.45) is 0 Å². The van der Waals surface area contributed by atoms with Crippen LogP contribution in [0.3, 0.4) is 0 Å². The van der Waals surface area contributed by atoms with E-state index < -0.39 is 34.3 Å². The molecule has 1 aliphatic carbocycles. The molecule has 0 N–H and O–H groups in total. The highest BCUT2D eigenvalue weighted by Crippen LogP contribution is 2.40. The molecule has 0 spiro atoms. The highest BCUT2D eigenvalue weighted by atomic mass is 35.5. The van der Waals surface area contributed by atoms with E-state index in [1.54, 1.807) is 25.1 Å². The predicted octanol–water partition coefficient (Wildman–Crippen LogP) is 6.18. The molecule has 0 saturated carbocycles. The van der Waals surface area contributed by atoms with Gasteiger partial charge in [-0.1, -0.05) is 17.7 Å². The molecule has 0 amide bonds. The number of hydrogen-bond donors (Lipinski definition) is 0. The number of benzene rings is 2. The van der Waals surface area contributed by atoms with Gasteiger partial charge in [0.15, 0.2) is 11.6 Å². The maximum absolute atomic E-state index is 14.2. The molecule has 2 aromatic rings. The van der Waals surface area contributed by atoms with Crippen LogP contribution in [0.2, 0.25) is 5.02 Å². The molecule has 0 unspecified atom stereocenters. The van der Waals surface area contributed by atoms with Gasteiger partial charge in [-0.2, -0.15) is 13.2 Å². The summed E-state index contributed by atoms with van der Waals surface area (Å²) in [6, 6.07) is 5.87. The molecule has 148 valence electrons. The first-order valence-electron chi connectivity index (χ1n) is 8.43. The van der Waals surface area contributed by atoms with Crippen LogP contribution in [0.1, 0.15) is 30.0 Å². The largest absolute Gasteiger partial charge is 0.463 e. The van der Waals surface area contributed by atoms with Crippen LogP contribution < -0.4 is 4.74 Å². The summed E-state index contributed by atoms with van der Waals surface area (Å²) >= 11 is 5.80. The van der Waals surface area contributed by atoms with Crippen LogP contribution in [-0.2, 0) is 22.1 Å². The number of esters is 1. The van der Waals surface area contributed by atoms with Gasteiger partial charge in [-0.05, 0) is 60.7 Å². The molecule has 0 aromatic heterocycles. The van der Waals surface area contributed by atoms with Crippen molar-refractivity contribution in [1.82, 2.24) is 0 Å². The van der Waals surface area contributed by atoms with E-state index in [1.165, 1.54) is 6.08 Å². The molecule has 0 fully saturated rings. The van der Waals surface area contributed by atoms with Crippen LogP contribution in [0.15, 0.2) is 36.4 Å². The third kappa shape index (κ3) is 4.30. The third-order valence-corrected chi connectivity index (χ3v) is 4.50. The van der Waals surface area contributed by atoms with Gasteiger partial charge in [0.2, 0.25) is 0 Å². The summed E-state index contributed by atoms with van der Waals surface area (Å²) in [5.41, 5.74) is 1.27. The van der Waals surface area contributed by atoms with Gasteiger partial charge in [0.05, 0.1) is 17.2 Å². The van der Waals surface area contributed by atoms with Crippen LogP contribution in [0.25, 0.3) is 5.57 Å². The second-order valence-electron chi connectivity index (χ2n) is 6.11. The van der Waals surface area contributed by atoms with E-state index in [0.29, 0.717) is 18.6 Å². The van der Waals surface area contributed by atoms with Gasteiger partial charge < -0.3 is 9.47 Å². The molecular weight excluding hydrogens is 400 g/mol. The molecule has 3 rings (SSSR count). The van der Waals surface area contributed by atoms with E-state index in [0.717, 1.165) is 23.1 Å². The van der Waals surface area contributed by atoms with Gasteiger partial charge in [-0.25, -0.2) is 9.18 Å². The van der Waals surface area contributed by atoms with Crippen molar-refractivity contribution < 1.29 is 31.8 Å². The topological polar surface area (TPSA) is 35.5 Å². The zero-order valence-corrected chi connectivity index (χ0v) is 15.5. The summed E-state index contributed by atoms with van der Waals surface area (Å²) < 4.78 is 62.7. The monoisotopic (exact) mass is 414 g/mol. The fourth-order valence-electron chi connectivity index (χ4n) is 2.96. The Labute approximate surface area is 163 Å². The second-order valence-corrected chi connectivity index (χ2v) is 6.52. The second kappa shape index (κ2) is 7.83. The number of carbonyl (C=O) groups excluding carboxylic acids is 1. The Morgan fingerprint density at radius 3 is 2.61 bits per heavy atom.